The van der Waals surface area contributed by atoms with Crippen LogP contribution in [-0.2, 0) is 11.2 Å². The van der Waals surface area contributed by atoms with E-state index in [4.69, 9.17) is 9.73 Å². The summed E-state index contributed by atoms with van der Waals surface area (Å²) in [6.45, 7) is 13.1. The quantitative estimate of drug-likeness (QED) is 0.354. The highest BCUT2D eigenvalue weighted by atomic mass is 127. The molecule has 1 aliphatic carbocycles. The first-order chi connectivity index (χ1) is 12.7. The van der Waals surface area contributed by atoms with Gasteiger partial charge in [0.15, 0.2) is 5.96 Å². The van der Waals surface area contributed by atoms with E-state index in [2.05, 4.69) is 60.6 Å². The SMILES string of the molecule is CCNC(=NCC(C(C)C)N1CCOCC1)NCC1Cc2ccccc21.I. The second-order valence-electron chi connectivity index (χ2n) is 7.66. The molecule has 3 rings (SSSR count). The molecule has 0 saturated carbocycles. The molecule has 1 fully saturated rings. The molecule has 2 atom stereocenters. The van der Waals surface area contributed by atoms with Crippen molar-refractivity contribution in [3.63, 3.8) is 0 Å². The van der Waals surface area contributed by atoms with Crippen molar-refractivity contribution in [1.82, 2.24) is 15.5 Å². The number of fused-ring (bicyclic) bond motifs is 1. The van der Waals surface area contributed by atoms with Gasteiger partial charge in [-0.05, 0) is 30.4 Å². The fraction of sp³-hybridized carbons (Fsp3) is 0.667. The van der Waals surface area contributed by atoms with Crippen LogP contribution >= 0.6 is 24.0 Å². The Balaban J connectivity index is 0.00000261. The van der Waals surface area contributed by atoms with Crippen LogP contribution in [0.15, 0.2) is 29.3 Å². The van der Waals surface area contributed by atoms with E-state index in [-0.39, 0.29) is 24.0 Å². The molecule has 5 nitrogen and oxygen atoms in total. The van der Waals surface area contributed by atoms with Crippen molar-refractivity contribution >= 4 is 29.9 Å². The molecule has 0 aromatic heterocycles. The number of rotatable bonds is 7. The molecular weight excluding hydrogens is 451 g/mol. The van der Waals surface area contributed by atoms with Crippen LogP contribution in [0, 0.1) is 5.92 Å². The standard InChI is InChI=1S/C21H34N4O.HI/c1-4-22-21(23-14-18-13-17-7-5-6-8-19(17)18)24-15-20(16(2)3)25-9-11-26-12-10-25;/h5-8,16,18,20H,4,9-15H2,1-3H3,(H2,22,23,24);1H. The highest BCUT2D eigenvalue weighted by molar-refractivity contribution is 14.0. The lowest BCUT2D eigenvalue weighted by molar-refractivity contribution is 0.00867. The molecule has 2 aliphatic rings. The van der Waals surface area contributed by atoms with E-state index < -0.39 is 0 Å². The Morgan fingerprint density at radius 2 is 1.96 bits per heavy atom. The minimum atomic E-state index is 0. The van der Waals surface area contributed by atoms with Gasteiger partial charge >= 0.3 is 0 Å². The number of nitrogens with zero attached hydrogens (tertiary/aromatic N) is 2. The van der Waals surface area contributed by atoms with Gasteiger partial charge in [0.2, 0.25) is 0 Å². The number of nitrogens with one attached hydrogen (secondary N) is 2. The van der Waals surface area contributed by atoms with E-state index in [1.54, 1.807) is 0 Å². The summed E-state index contributed by atoms with van der Waals surface area (Å²) in [5.41, 5.74) is 2.98. The lowest BCUT2D eigenvalue weighted by atomic mass is 9.78. The van der Waals surface area contributed by atoms with Gasteiger partial charge in [0, 0.05) is 38.1 Å². The van der Waals surface area contributed by atoms with Crippen LogP contribution in [0.4, 0.5) is 0 Å². The molecule has 1 aliphatic heterocycles. The van der Waals surface area contributed by atoms with E-state index in [0.29, 0.717) is 17.9 Å². The first-order valence-electron chi connectivity index (χ1n) is 10.1. The highest BCUT2D eigenvalue weighted by Crippen LogP contribution is 2.33. The molecule has 1 saturated heterocycles. The summed E-state index contributed by atoms with van der Waals surface area (Å²) in [6.07, 6.45) is 1.17. The Hall–Kier alpha value is -0.860. The van der Waals surface area contributed by atoms with Crippen molar-refractivity contribution < 1.29 is 4.74 Å². The van der Waals surface area contributed by atoms with Gasteiger partial charge in [-0.15, -0.1) is 24.0 Å². The van der Waals surface area contributed by atoms with E-state index in [1.807, 2.05) is 0 Å². The van der Waals surface area contributed by atoms with Crippen molar-refractivity contribution in [2.45, 2.75) is 39.2 Å². The van der Waals surface area contributed by atoms with Gasteiger partial charge in [-0.25, -0.2) is 0 Å². The highest BCUT2D eigenvalue weighted by Gasteiger charge is 2.26. The molecule has 0 amide bonds. The Bertz CT molecular complexity index is 602. The second-order valence-corrected chi connectivity index (χ2v) is 7.66. The summed E-state index contributed by atoms with van der Waals surface area (Å²) < 4.78 is 5.50. The van der Waals surface area contributed by atoms with Gasteiger partial charge in [-0.1, -0.05) is 38.1 Å². The van der Waals surface area contributed by atoms with Crippen LogP contribution < -0.4 is 10.6 Å². The number of hydrogen-bond acceptors (Lipinski definition) is 3. The molecule has 2 unspecified atom stereocenters. The van der Waals surface area contributed by atoms with Crippen LogP contribution in [0.2, 0.25) is 0 Å². The number of ether oxygens (including phenoxy) is 1. The number of morpholine rings is 1. The lowest BCUT2D eigenvalue weighted by Crippen LogP contribution is -2.48. The Labute approximate surface area is 181 Å². The molecule has 0 bridgehead atoms. The van der Waals surface area contributed by atoms with Gasteiger partial charge in [0.25, 0.3) is 0 Å². The number of guanidine groups is 1. The molecule has 1 aromatic rings. The molecule has 6 heteroatoms. The zero-order chi connectivity index (χ0) is 18.4. The fourth-order valence-corrected chi connectivity index (χ4v) is 3.95. The largest absolute Gasteiger partial charge is 0.379 e. The molecule has 2 N–H and O–H groups in total. The molecule has 27 heavy (non-hydrogen) atoms. The summed E-state index contributed by atoms with van der Waals surface area (Å²) in [7, 11) is 0. The van der Waals surface area contributed by atoms with Crippen LogP contribution in [0.5, 0.6) is 0 Å². The van der Waals surface area contributed by atoms with E-state index in [0.717, 1.165) is 51.9 Å². The smallest absolute Gasteiger partial charge is 0.191 e. The third-order valence-corrected chi connectivity index (χ3v) is 5.54. The maximum absolute atomic E-state index is 5.50. The minimum absolute atomic E-state index is 0. The van der Waals surface area contributed by atoms with Crippen LogP contribution in [0.3, 0.4) is 0 Å². The number of halogens is 1. The van der Waals surface area contributed by atoms with Gasteiger partial charge in [-0.3, -0.25) is 9.89 Å². The Morgan fingerprint density at radius 1 is 1.22 bits per heavy atom. The van der Waals surface area contributed by atoms with Crippen LogP contribution in [0.1, 0.15) is 37.8 Å². The fourth-order valence-electron chi connectivity index (χ4n) is 3.95. The Kier molecular flexibility index (Phi) is 9.32. The van der Waals surface area contributed by atoms with Crippen molar-refractivity contribution in [3.05, 3.63) is 35.4 Å². The lowest BCUT2D eigenvalue weighted by Gasteiger charge is -2.36. The van der Waals surface area contributed by atoms with Gasteiger partial charge in [0.05, 0.1) is 19.8 Å². The molecule has 0 spiro atoms. The summed E-state index contributed by atoms with van der Waals surface area (Å²) in [5, 5.41) is 6.96. The summed E-state index contributed by atoms with van der Waals surface area (Å²) in [6, 6.07) is 9.23. The molecule has 0 radical (unpaired) electrons. The average Bonchev–Trinajstić information content (AvgIpc) is 2.63. The van der Waals surface area contributed by atoms with Crippen molar-refractivity contribution in [2.24, 2.45) is 10.9 Å². The number of benzene rings is 1. The van der Waals surface area contributed by atoms with Gasteiger partial charge < -0.3 is 15.4 Å². The maximum Gasteiger partial charge on any atom is 0.191 e. The summed E-state index contributed by atoms with van der Waals surface area (Å²) in [4.78, 5) is 7.44. The average molecular weight is 486 g/mol. The molecule has 152 valence electrons. The third kappa shape index (κ3) is 6.06. The van der Waals surface area contributed by atoms with Crippen LogP contribution in [-0.4, -0.2) is 62.8 Å². The zero-order valence-electron chi connectivity index (χ0n) is 16.9. The minimum Gasteiger partial charge on any atom is -0.379 e. The molecule has 1 heterocycles. The van der Waals surface area contributed by atoms with E-state index in [1.165, 1.54) is 17.5 Å². The van der Waals surface area contributed by atoms with E-state index in [9.17, 15) is 0 Å². The van der Waals surface area contributed by atoms with Crippen LogP contribution in [0.25, 0.3) is 0 Å². The topological polar surface area (TPSA) is 48.9 Å². The molecule has 1 aromatic carbocycles. The molecular formula is C21H35IN4O. The van der Waals surface area contributed by atoms with E-state index >= 15 is 0 Å². The number of aliphatic imine (C=N–C) groups is 1. The normalized spacial score (nSPS) is 21.0. The van der Waals surface area contributed by atoms with Crippen molar-refractivity contribution in [1.29, 1.82) is 0 Å². The summed E-state index contributed by atoms with van der Waals surface area (Å²) in [5.74, 6) is 2.13. The Morgan fingerprint density at radius 3 is 2.63 bits per heavy atom. The monoisotopic (exact) mass is 486 g/mol. The van der Waals surface area contributed by atoms with Gasteiger partial charge in [0.1, 0.15) is 0 Å². The van der Waals surface area contributed by atoms with Gasteiger partial charge in [-0.2, -0.15) is 0 Å². The summed E-state index contributed by atoms with van der Waals surface area (Å²) >= 11 is 0. The zero-order valence-corrected chi connectivity index (χ0v) is 19.2. The van der Waals surface area contributed by atoms with Crippen molar-refractivity contribution in [2.75, 3.05) is 45.9 Å². The predicted molar refractivity (Wildman–Crippen MR) is 123 cm³/mol. The third-order valence-electron chi connectivity index (χ3n) is 5.54. The second kappa shape index (κ2) is 11.2. The first kappa shape index (κ1) is 22.4. The predicted octanol–water partition coefficient (Wildman–Crippen LogP) is 2.86. The first-order valence-corrected chi connectivity index (χ1v) is 10.1. The van der Waals surface area contributed by atoms with Crippen molar-refractivity contribution in [3.8, 4) is 0 Å². The maximum atomic E-state index is 5.50. The number of hydrogen-bond donors (Lipinski definition) is 2.